The summed E-state index contributed by atoms with van der Waals surface area (Å²) in [5.74, 6) is 0. The molecule has 0 aliphatic heterocycles. The second kappa shape index (κ2) is 4.99. The fourth-order valence-corrected chi connectivity index (χ4v) is 1.27. The van der Waals surface area contributed by atoms with Crippen molar-refractivity contribution in [1.29, 1.82) is 0 Å². The van der Waals surface area contributed by atoms with E-state index in [1.807, 2.05) is 6.92 Å². The summed E-state index contributed by atoms with van der Waals surface area (Å²) in [6, 6.07) is 0. The van der Waals surface area contributed by atoms with Gasteiger partial charge in [0.15, 0.2) is 0 Å². The van der Waals surface area contributed by atoms with Crippen molar-refractivity contribution in [3.05, 3.63) is 0 Å². The number of hydrogen-bond donors (Lipinski definition) is 2. The smallest absolute Gasteiger partial charge is 0.321 e. The van der Waals surface area contributed by atoms with Gasteiger partial charge in [-0.1, -0.05) is 32.0 Å². The molecule has 0 aromatic carbocycles. The van der Waals surface area contributed by atoms with Crippen LogP contribution in [0, 0.1) is 0 Å². The minimum Gasteiger partial charge on any atom is -0.321 e. The number of hydrogen-bond acceptors (Lipinski definition) is 2. The van der Waals surface area contributed by atoms with Crippen LogP contribution < -0.4 is 0 Å². The third kappa shape index (κ3) is 5.50. The molecule has 0 bridgehead atoms. The molecule has 2 N–H and O–H groups in total. The predicted octanol–water partition coefficient (Wildman–Crippen LogP) is 2.07. The number of unbranched alkanes of at least 4 members (excludes halogenated alkanes) is 2. The van der Waals surface area contributed by atoms with E-state index in [1.54, 1.807) is 0 Å². The molecule has 0 aromatic heterocycles. The second-order valence-corrected chi connectivity index (χ2v) is 4.82. The molecule has 0 aromatic rings. The molecule has 11 heavy (non-hydrogen) atoms. The van der Waals surface area contributed by atoms with Crippen LogP contribution in [-0.2, 0) is 4.57 Å². The highest BCUT2D eigenvalue weighted by Crippen LogP contribution is 2.38. The monoisotopic (exact) mass is 196 g/mol. The number of thiocarbonyl (C=S) groups is 1. The molecule has 0 unspecified atom stereocenters. The molecule has 0 aliphatic carbocycles. The lowest BCUT2D eigenvalue weighted by molar-refractivity contribution is 0.390. The Balaban J connectivity index is 3.63. The van der Waals surface area contributed by atoms with Gasteiger partial charge in [0.05, 0.1) is 0 Å². The minimum atomic E-state index is -4.07. The summed E-state index contributed by atoms with van der Waals surface area (Å²) in [7, 11) is -4.07. The molecular weight excluding hydrogens is 183 g/mol. The zero-order valence-corrected chi connectivity index (χ0v) is 8.20. The maximum absolute atomic E-state index is 10.5. The summed E-state index contributed by atoms with van der Waals surface area (Å²) in [5, 5.41) is 0. The van der Waals surface area contributed by atoms with Gasteiger partial charge in [0.1, 0.15) is 4.61 Å². The van der Waals surface area contributed by atoms with E-state index < -0.39 is 7.60 Å². The summed E-state index contributed by atoms with van der Waals surface area (Å²) in [4.78, 5) is 17.1. The van der Waals surface area contributed by atoms with E-state index in [1.165, 1.54) is 0 Å². The van der Waals surface area contributed by atoms with Gasteiger partial charge in [0, 0.05) is 0 Å². The van der Waals surface area contributed by atoms with E-state index >= 15 is 0 Å². The van der Waals surface area contributed by atoms with Crippen molar-refractivity contribution in [3.8, 4) is 0 Å². The molecule has 3 nitrogen and oxygen atoms in total. The molecule has 0 atom stereocenters. The lowest BCUT2D eigenvalue weighted by Crippen LogP contribution is -1.95. The fourth-order valence-electron chi connectivity index (χ4n) is 0.672. The van der Waals surface area contributed by atoms with Crippen LogP contribution in [0.15, 0.2) is 0 Å². The molecule has 0 aliphatic rings. The van der Waals surface area contributed by atoms with Crippen LogP contribution in [0.3, 0.4) is 0 Å². The van der Waals surface area contributed by atoms with Crippen LogP contribution in [0.1, 0.15) is 32.6 Å². The second-order valence-electron chi connectivity index (χ2n) is 2.39. The Morgan fingerprint density at radius 2 is 2.00 bits per heavy atom. The van der Waals surface area contributed by atoms with Gasteiger partial charge in [-0.05, 0) is 12.8 Å². The quantitative estimate of drug-likeness (QED) is 0.401. The maximum atomic E-state index is 10.5. The van der Waals surface area contributed by atoms with E-state index in [0.717, 1.165) is 19.3 Å². The van der Waals surface area contributed by atoms with Gasteiger partial charge < -0.3 is 9.79 Å². The van der Waals surface area contributed by atoms with E-state index in [2.05, 4.69) is 12.2 Å². The normalized spacial score (nSPS) is 11.5. The highest BCUT2D eigenvalue weighted by atomic mass is 32.1. The third-order valence-electron chi connectivity index (χ3n) is 1.32. The molecule has 0 saturated carbocycles. The largest absolute Gasteiger partial charge is 0.362 e. The van der Waals surface area contributed by atoms with Crippen LogP contribution in [0.4, 0.5) is 0 Å². The first-order valence-electron chi connectivity index (χ1n) is 3.57. The van der Waals surface area contributed by atoms with Gasteiger partial charge in [0.25, 0.3) is 0 Å². The summed E-state index contributed by atoms with van der Waals surface area (Å²) < 4.78 is 10.4. The standard InChI is InChI=1S/C6H13O3PS/c1-2-3-4-5-6(11)10(7,8)9/h2-5H2,1H3,(H2,7,8,9). The molecule has 0 radical (unpaired) electrons. The van der Waals surface area contributed by atoms with Crippen LogP contribution in [0.5, 0.6) is 0 Å². The fraction of sp³-hybridized carbons (Fsp3) is 0.833. The Morgan fingerprint density at radius 3 is 2.36 bits per heavy atom. The maximum Gasteiger partial charge on any atom is 0.362 e. The lowest BCUT2D eigenvalue weighted by Gasteiger charge is -2.03. The Hall–Kier alpha value is 0.240. The average Bonchev–Trinajstić information content (AvgIpc) is 1.86. The third-order valence-corrected chi connectivity index (χ3v) is 3.11. The summed E-state index contributed by atoms with van der Waals surface area (Å²) in [6.45, 7) is 2.03. The molecule has 5 heteroatoms. The summed E-state index contributed by atoms with van der Waals surface area (Å²) >= 11 is 4.54. The zero-order chi connectivity index (χ0) is 8.91. The first-order valence-corrected chi connectivity index (χ1v) is 5.59. The molecule has 0 rings (SSSR count). The molecule has 0 spiro atoms. The van der Waals surface area contributed by atoms with Crippen molar-refractivity contribution in [2.75, 3.05) is 0 Å². The van der Waals surface area contributed by atoms with Crippen molar-refractivity contribution in [2.45, 2.75) is 32.6 Å². The van der Waals surface area contributed by atoms with Gasteiger partial charge >= 0.3 is 7.60 Å². The van der Waals surface area contributed by atoms with Crippen molar-refractivity contribution < 1.29 is 14.4 Å². The van der Waals surface area contributed by atoms with E-state index in [-0.39, 0.29) is 4.61 Å². The first-order chi connectivity index (χ1) is 4.98. The van der Waals surface area contributed by atoms with Crippen LogP contribution in [0.25, 0.3) is 0 Å². The highest BCUT2D eigenvalue weighted by Gasteiger charge is 2.19. The Morgan fingerprint density at radius 1 is 1.45 bits per heavy atom. The molecule has 0 fully saturated rings. The summed E-state index contributed by atoms with van der Waals surface area (Å²) in [6.07, 6.45) is 3.15. The molecular formula is C6H13O3PS. The Kier molecular flexibility index (Phi) is 5.10. The van der Waals surface area contributed by atoms with E-state index in [9.17, 15) is 4.57 Å². The van der Waals surface area contributed by atoms with Crippen LogP contribution in [-0.4, -0.2) is 14.4 Å². The van der Waals surface area contributed by atoms with Crippen molar-refractivity contribution in [2.24, 2.45) is 0 Å². The van der Waals surface area contributed by atoms with Gasteiger partial charge in [0.2, 0.25) is 0 Å². The van der Waals surface area contributed by atoms with E-state index in [0.29, 0.717) is 6.42 Å². The number of rotatable bonds is 5. The topological polar surface area (TPSA) is 57.5 Å². The zero-order valence-electron chi connectivity index (χ0n) is 6.49. The summed E-state index contributed by atoms with van der Waals surface area (Å²) in [5.41, 5.74) is 0. The highest BCUT2D eigenvalue weighted by molar-refractivity contribution is 7.97. The van der Waals surface area contributed by atoms with Gasteiger partial charge in [-0.15, -0.1) is 0 Å². The van der Waals surface area contributed by atoms with Gasteiger partial charge in [-0.2, -0.15) is 0 Å². The first kappa shape index (κ1) is 11.2. The van der Waals surface area contributed by atoms with E-state index in [4.69, 9.17) is 9.79 Å². The molecule has 0 saturated heterocycles. The SMILES string of the molecule is CCCCCC(=S)P(=O)(O)O. The lowest BCUT2D eigenvalue weighted by atomic mass is 10.2. The van der Waals surface area contributed by atoms with Crippen molar-refractivity contribution in [1.82, 2.24) is 0 Å². The molecule has 0 amide bonds. The Bertz CT molecular complexity index is 175. The predicted molar refractivity (Wildman–Crippen MR) is 48.8 cm³/mol. The van der Waals surface area contributed by atoms with Gasteiger partial charge in [-0.25, -0.2) is 0 Å². The van der Waals surface area contributed by atoms with Crippen LogP contribution in [0.2, 0.25) is 0 Å². The van der Waals surface area contributed by atoms with Gasteiger partial charge in [-0.3, -0.25) is 4.57 Å². The average molecular weight is 196 g/mol. The van der Waals surface area contributed by atoms with Crippen molar-refractivity contribution in [3.63, 3.8) is 0 Å². The molecule has 66 valence electrons. The minimum absolute atomic E-state index is 0.106. The van der Waals surface area contributed by atoms with Crippen LogP contribution >= 0.6 is 19.8 Å². The van der Waals surface area contributed by atoms with Crippen molar-refractivity contribution >= 4 is 24.4 Å². The Labute approximate surface area is 72.0 Å². The molecule has 0 heterocycles.